The van der Waals surface area contributed by atoms with E-state index in [4.69, 9.17) is 4.74 Å². The van der Waals surface area contributed by atoms with Gasteiger partial charge in [0.1, 0.15) is 5.75 Å². The van der Waals surface area contributed by atoms with Crippen LogP contribution in [-0.2, 0) is 4.79 Å². The van der Waals surface area contributed by atoms with Crippen molar-refractivity contribution in [3.8, 4) is 22.9 Å². The molecule has 0 aliphatic rings. The Kier molecular flexibility index (Phi) is 6.16. The summed E-state index contributed by atoms with van der Waals surface area (Å²) in [6.07, 6.45) is 5.02. The van der Waals surface area contributed by atoms with Crippen LogP contribution >= 0.6 is 0 Å². The van der Waals surface area contributed by atoms with Gasteiger partial charge in [-0.05, 0) is 36.4 Å². The molecule has 0 N–H and O–H groups in total. The van der Waals surface area contributed by atoms with Crippen molar-refractivity contribution in [2.45, 2.75) is 6.92 Å². The highest BCUT2D eigenvalue weighted by molar-refractivity contribution is 5.72. The summed E-state index contributed by atoms with van der Waals surface area (Å²) in [5.41, 5.74) is 1.93. The van der Waals surface area contributed by atoms with Gasteiger partial charge in [-0.25, -0.2) is 0 Å². The largest absolute Gasteiger partial charge is 0.437 e. The van der Waals surface area contributed by atoms with Gasteiger partial charge in [0, 0.05) is 45.9 Å². The van der Waals surface area contributed by atoms with Gasteiger partial charge < -0.3 is 14.5 Å². The van der Waals surface area contributed by atoms with E-state index in [1.165, 1.54) is 0 Å². The average Bonchev–Trinajstić information content (AvgIpc) is 2.73. The fraction of sp³-hybridized carbons (Fsp3) is 0.238. The van der Waals surface area contributed by atoms with Crippen LogP contribution in [0.5, 0.6) is 11.6 Å². The number of carbonyl (C=O) groups is 1. The Hall–Kier alpha value is -3.48. The minimum absolute atomic E-state index is 0.0331. The lowest BCUT2D eigenvalue weighted by Gasteiger charge is -2.22. The molecule has 0 radical (unpaired) electrons. The molecule has 28 heavy (non-hydrogen) atoms. The van der Waals surface area contributed by atoms with E-state index in [0.717, 1.165) is 11.3 Å². The van der Waals surface area contributed by atoms with Crippen LogP contribution in [0.1, 0.15) is 6.92 Å². The van der Waals surface area contributed by atoms with Gasteiger partial charge in [-0.3, -0.25) is 14.8 Å². The highest BCUT2D eigenvalue weighted by Crippen LogP contribution is 2.24. The maximum Gasteiger partial charge on any atom is 0.239 e. The SMILES string of the molecule is CC(=O)N(C)CCN(C)c1cncc(Oc2ccc(-c3ccccn3)cc2)n1. The molecule has 0 spiro atoms. The van der Waals surface area contributed by atoms with Crippen LogP contribution in [0.2, 0.25) is 0 Å². The van der Waals surface area contributed by atoms with Crippen LogP contribution in [-0.4, -0.2) is 52.9 Å². The van der Waals surface area contributed by atoms with Crippen LogP contribution < -0.4 is 9.64 Å². The van der Waals surface area contributed by atoms with Gasteiger partial charge in [0.25, 0.3) is 0 Å². The summed E-state index contributed by atoms with van der Waals surface area (Å²) in [6.45, 7) is 2.80. The highest BCUT2D eigenvalue weighted by Gasteiger charge is 2.09. The summed E-state index contributed by atoms with van der Waals surface area (Å²) in [5.74, 6) is 1.80. The van der Waals surface area contributed by atoms with E-state index in [9.17, 15) is 4.79 Å². The first-order valence-corrected chi connectivity index (χ1v) is 8.97. The van der Waals surface area contributed by atoms with E-state index in [0.29, 0.717) is 30.5 Å². The van der Waals surface area contributed by atoms with Crippen molar-refractivity contribution >= 4 is 11.7 Å². The minimum Gasteiger partial charge on any atom is -0.437 e. The lowest BCUT2D eigenvalue weighted by atomic mass is 10.1. The van der Waals surface area contributed by atoms with E-state index in [1.54, 1.807) is 37.5 Å². The van der Waals surface area contributed by atoms with Crippen LogP contribution in [0.3, 0.4) is 0 Å². The molecule has 3 aromatic rings. The van der Waals surface area contributed by atoms with Crippen molar-refractivity contribution in [2.75, 3.05) is 32.1 Å². The van der Waals surface area contributed by atoms with E-state index in [-0.39, 0.29) is 5.91 Å². The molecule has 1 aromatic carbocycles. The molecule has 7 heteroatoms. The number of hydrogen-bond donors (Lipinski definition) is 0. The highest BCUT2D eigenvalue weighted by atomic mass is 16.5. The number of nitrogens with zero attached hydrogens (tertiary/aromatic N) is 5. The normalized spacial score (nSPS) is 10.4. The number of pyridine rings is 1. The number of aromatic nitrogens is 3. The monoisotopic (exact) mass is 377 g/mol. The molecule has 0 aliphatic heterocycles. The number of amides is 1. The van der Waals surface area contributed by atoms with Crippen molar-refractivity contribution in [3.05, 3.63) is 61.1 Å². The maximum absolute atomic E-state index is 11.3. The Morgan fingerprint density at radius 3 is 2.50 bits per heavy atom. The Balaban J connectivity index is 1.65. The minimum atomic E-state index is 0.0331. The molecule has 2 heterocycles. The first-order chi connectivity index (χ1) is 13.5. The first kappa shape index (κ1) is 19.3. The summed E-state index contributed by atoms with van der Waals surface area (Å²) in [6, 6.07) is 13.5. The van der Waals surface area contributed by atoms with Crippen molar-refractivity contribution < 1.29 is 9.53 Å². The molecule has 0 saturated heterocycles. The zero-order chi connectivity index (χ0) is 19.9. The summed E-state index contributed by atoms with van der Waals surface area (Å²) in [4.78, 5) is 28.0. The molecule has 0 atom stereocenters. The van der Waals surface area contributed by atoms with Crippen LogP contribution in [0, 0.1) is 0 Å². The second kappa shape index (κ2) is 8.94. The number of anilines is 1. The van der Waals surface area contributed by atoms with Gasteiger partial charge in [0.05, 0.1) is 18.1 Å². The molecule has 144 valence electrons. The Labute approximate surface area is 164 Å². The Morgan fingerprint density at radius 1 is 1.04 bits per heavy atom. The summed E-state index contributed by atoms with van der Waals surface area (Å²) in [7, 11) is 3.68. The van der Waals surface area contributed by atoms with Gasteiger partial charge >= 0.3 is 0 Å². The van der Waals surface area contributed by atoms with E-state index < -0.39 is 0 Å². The number of ether oxygens (including phenoxy) is 1. The van der Waals surface area contributed by atoms with Crippen LogP contribution in [0.25, 0.3) is 11.3 Å². The third-order valence-electron chi connectivity index (χ3n) is 4.34. The summed E-state index contributed by atoms with van der Waals surface area (Å²) < 4.78 is 5.84. The number of carbonyl (C=O) groups excluding carboxylic acids is 1. The Morgan fingerprint density at radius 2 is 1.82 bits per heavy atom. The van der Waals surface area contributed by atoms with E-state index >= 15 is 0 Å². The molecule has 1 amide bonds. The molecule has 0 unspecified atom stereocenters. The topological polar surface area (TPSA) is 71.5 Å². The fourth-order valence-electron chi connectivity index (χ4n) is 2.49. The number of likely N-dealkylation sites (N-methyl/N-ethyl adjacent to an activating group) is 2. The third-order valence-corrected chi connectivity index (χ3v) is 4.34. The van der Waals surface area contributed by atoms with E-state index in [2.05, 4.69) is 15.0 Å². The molecule has 0 bridgehead atoms. The average molecular weight is 377 g/mol. The lowest BCUT2D eigenvalue weighted by Crippen LogP contribution is -2.33. The van der Waals surface area contributed by atoms with Crippen molar-refractivity contribution in [1.82, 2.24) is 19.9 Å². The second-order valence-corrected chi connectivity index (χ2v) is 6.42. The van der Waals surface area contributed by atoms with Gasteiger partial charge in [-0.1, -0.05) is 6.07 Å². The second-order valence-electron chi connectivity index (χ2n) is 6.42. The predicted molar refractivity (Wildman–Crippen MR) is 108 cm³/mol. The van der Waals surface area contributed by atoms with Crippen molar-refractivity contribution in [2.24, 2.45) is 0 Å². The zero-order valence-electron chi connectivity index (χ0n) is 16.2. The molecular weight excluding hydrogens is 354 g/mol. The van der Waals surface area contributed by atoms with Gasteiger partial charge in [0.2, 0.25) is 11.8 Å². The van der Waals surface area contributed by atoms with Gasteiger partial charge in [-0.15, -0.1) is 0 Å². The van der Waals surface area contributed by atoms with Crippen LogP contribution in [0.4, 0.5) is 5.82 Å². The molecule has 7 nitrogen and oxygen atoms in total. The molecule has 2 aromatic heterocycles. The third kappa shape index (κ3) is 5.03. The predicted octanol–water partition coefficient (Wildman–Crippen LogP) is 3.25. The quantitative estimate of drug-likeness (QED) is 0.629. The van der Waals surface area contributed by atoms with Gasteiger partial charge in [0.15, 0.2) is 5.82 Å². The van der Waals surface area contributed by atoms with Crippen LogP contribution in [0.15, 0.2) is 61.1 Å². The lowest BCUT2D eigenvalue weighted by molar-refractivity contribution is -0.127. The Bertz CT molecular complexity index is 916. The maximum atomic E-state index is 11.3. The standard InChI is InChI=1S/C21H23N5O2/c1-16(27)25(2)12-13-26(3)20-14-22-15-21(24-20)28-18-9-7-17(8-10-18)19-6-4-5-11-23-19/h4-11,14-15H,12-13H2,1-3H3. The smallest absolute Gasteiger partial charge is 0.239 e. The van der Waals surface area contributed by atoms with E-state index in [1.807, 2.05) is 54.4 Å². The molecule has 0 saturated carbocycles. The van der Waals surface area contributed by atoms with Crippen molar-refractivity contribution in [1.29, 1.82) is 0 Å². The first-order valence-electron chi connectivity index (χ1n) is 8.97. The number of rotatable bonds is 7. The molecule has 3 rings (SSSR count). The fourth-order valence-corrected chi connectivity index (χ4v) is 2.49. The molecular formula is C21H23N5O2. The molecule has 0 fully saturated rings. The molecule has 0 aliphatic carbocycles. The van der Waals surface area contributed by atoms with Crippen molar-refractivity contribution in [3.63, 3.8) is 0 Å². The van der Waals surface area contributed by atoms with Gasteiger partial charge in [-0.2, -0.15) is 4.98 Å². The number of hydrogen-bond acceptors (Lipinski definition) is 6. The summed E-state index contributed by atoms with van der Waals surface area (Å²) >= 11 is 0. The zero-order valence-corrected chi connectivity index (χ0v) is 16.2. The number of benzene rings is 1. The summed E-state index contributed by atoms with van der Waals surface area (Å²) in [5, 5.41) is 0.